The van der Waals surface area contributed by atoms with E-state index in [1.54, 1.807) is 6.92 Å². The van der Waals surface area contributed by atoms with Crippen LogP contribution in [-0.2, 0) is 0 Å². The number of nitrogens with one attached hydrogen (secondary N) is 1. The zero-order valence-electron chi connectivity index (χ0n) is 11.7. The Balaban J connectivity index is 2.03. The second kappa shape index (κ2) is 5.65. The van der Waals surface area contributed by atoms with Crippen LogP contribution >= 0.6 is 11.3 Å². The zero-order chi connectivity index (χ0) is 15.7. The highest BCUT2D eigenvalue weighted by Crippen LogP contribution is 2.16. The molecule has 0 aliphatic carbocycles. The third-order valence-electron chi connectivity index (χ3n) is 3.20. The smallest absolute Gasteiger partial charge is 0.223 e. The van der Waals surface area contributed by atoms with Crippen LogP contribution in [0.1, 0.15) is 20.9 Å². The van der Waals surface area contributed by atoms with Gasteiger partial charge in [0.05, 0.1) is 5.69 Å². The predicted octanol–water partition coefficient (Wildman–Crippen LogP) is 3.09. The molecule has 0 aliphatic heterocycles. The van der Waals surface area contributed by atoms with E-state index < -0.39 is 0 Å². The van der Waals surface area contributed by atoms with Crippen LogP contribution in [0, 0.1) is 18.2 Å². The van der Waals surface area contributed by atoms with Crippen molar-refractivity contribution in [2.24, 2.45) is 0 Å². The van der Waals surface area contributed by atoms with Gasteiger partial charge in [0, 0.05) is 5.56 Å². The van der Waals surface area contributed by atoms with Gasteiger partial charge in [0.1, 0.15) is 5.82 Å². The lowest BCUT2D eigenvalue weighted by atomic mass is 10.1. The number of aromatic nitrogens is 2. The molecule has 0 amide bonds. The molecule has 1 heterocycles. The van der Waals surface area contributed by atoms with Crippen LogP contribution in [0.15, 0.2) is 48.5 Å². The molecule has 6 heteroatoms. The second-order valence-corrected chi connectivity index (χ2v) is 5.73. The van der Waals surface area contributed by atoms with Crippen molar-refractivity contribution in [2.75, 3.05) is 0 Å². The average Bonchev–Trinajstić information content (AvgIpc) is 2.89. The van der Waals surface area contributed by atoms with Crippen LogP contribution in [0.2, 0.25) is 0 Å². The quantitative estimate of drug-likeness (QED) is 0.755. The van der Waals surface area contributed by atoms with E-state index in [2.05, 4.69) is 5.10 Å². The normalized spacial score (nSPS) is 10.6. The molecule has 0 fully saturated rings. The summed E-state index contributed by atoms with van der Waals surface area (Å²) in [6.07, 6.45) is 0. The maximum atomic E-state index is 13.1. The largest absolute Gasteiger partial charge is 0.286 e. The summed E-state index contributed by atoms with van der Waals surface area (Å²) in [5.74, 6) is -0.681. The average molecular weight is 313 g/mol. The number of carbonyl (C=O) groups excluding carboxylic acids is 1. The molecule has 0 saturated carbocycles. The van der Waals surface area contributed by atoms with Crippen LogP contribution in [0.5, 0.6) is 0 Å². The molecule has 0 radical (unpaired) electrons. The summed E-state index contributed by atoms with van der Waals surface area (Å²) >= 11 is 1.00. The highest BCUT2D eigenvalue weighted by molar-refractivity contribution is 7.11. The SMILES string of the molecule is Cc1cc(F)ccc1C(=O)c1nn(-c2ccccc2)c(=N)s1. The summed E-state index contributed by atoms with van der Waals surface area (Å²) in [4.78, 5) is 12.7. The first kappa shape index (κ1) is 14.3. The number of nitrogens with zero attached hydrogens (tertiary/aromatic N) is 2. The highest BCUT2D eigenvalue weighted by atomic mass is 32.1. The van der Waals surface area contributed by atoms with Crippen LogP contribution in [0.4, 0.5) is 4.39 Å². The summed E-state index contributed by atoms with van der Waals surface area (Å²) in [5, 5.41) is 12.4. The van der Waals surface area contributed by atoms with Crippen molar-refractivity contribution in [1.29, 1.82) is 5.41 Å². The Morgan fingerprint density at radius 3 is 2.64 bits per heavy atom. The molecule has 0 aliphatic rings. The van der Waals surface area contributed by atoms with Gasteiger partial charge in [0.2, 0.25) is 10.6 Å². The highest BCUT2D eigenvalue weighted by Gasteiger charge is 2.17. The molecule has 0 unspecified atom stereocenters. The van der Waals surface area contributed by atoms with E-state index in [9.17, 15) is 9.18 Å². The Hall–Kier alpha value is -2.60. The molecule has 0 bridgehead atoms. The molecule has 1 aromatic heterocycles. The van der Waals surface area contributed by atoms with E-state index >= 15 is 0 Å². The summed E-state index contributed by atoms with van der Waals surface area (Å²) in [5.41, 5.74) is 1.67. The molecule has 4 nitrogen and oxygen atoms in total. The molecule has 2 aromatic carbocycles. The van der Waals surface area contributed by atoms with Gasteiger partial charge in [-0.15, -0.1) is 0 Å². The van der Waals surface area contributed by atoms with Gasteiger partial charge in [-0.05, 0) is 42.8 Å². The van der Waals surface area contributed by atoms with Crippen molar-refractivity contribution in [1.82, 2.24) is 9.78 Å². The Bertz CT molecular complexity index is 899. The second-order valence-electron chi connectivity index (χ2n) is 4.75. The van der Waals surface area contributed by atoms with E-state index in [-0.39, 0.29) is 21.4 Å². The van der Waals surface area contributed by atoms with Gasteiger partial charge in [-0.1, -0.05) is 29.5 Å². The fraction of sp³-hybridized carbons (Fsp3) is 0.0625. The Labute approximate surface area is 130 Å². The Morgan fingerprint density at radius 1 is 1.23 bits per heavy atom. The predicted molar refractivity (Wildman–Crippen MR) is 81.9 cm³/mol. The van der Waals surface area contributed by atoms with Crippen LogP contribution in [-0.4, -0.2) is 15.6 Å². The standard InChI is InChI=1S/C16H12FN3OS/c1-10-9-11(17)7-8-13(10)14(21)15-19-20(16(18)22-15)12-5-3-2-4-6-12/h2-9,18H,1H3. The number of carbonyl (C=O) groups is 1. The van der Waals surface area contributed by atoms with Crippen molar-refractivity contribution in [3.05, 3.63) is 75.3 Å². The van der Waals surface area contributed by atoms with Gasteiger partial charge in [-0.3, -0.25) is 10.2 Å². The number of aryl methyl sites for hydroxylation is 1. The number of hydrogen-bond donors (Lipinski definition) is 1. The topological polar surface area (TPSA) is 58.7 Å². The van der Waals surface area contributed by atoms with Gasteiger partial charge < -0.3 is 0 Å². The lowest BCUT2D eigenvalue weighted by molar-refractivity contribution is 0.103. The first-order chi connectivity index (χ1) is 10.6. The fourth-order valence-electron chi connectivity index (χ4n) is 2.12. The molecule has 0 atom stereocenters. The first-order valence-electron chi connectivity index (χ1n) is 6.57. The van der Waals surface area contributed by atoms with Crippen molar-refractivity contribution in [3.8, 4) is 5.69 Å². The number of halogens is 1. The van der Waals surface area contributed by atoms with Crippen LogP contribution < -0.4 is 4.80 Å². The van der Waals surface area contributed by atoms with Gasteiger partial charge in [0.25, 0.3) is 0 Å². The minimum absolute atomic E-state index is 0.161. The van der Waals surface area contributed by atoms with Gasteiger partial charge in [-0.2, -0.15) is 5.10 Å². The molecule has 0 saturated heterocycles. The Morgan fingerprint density at radius 2 is 1.95 bits per heavy atom. The van der Waals surface area contributed by atoms with E-state index in [0.29, 0.717) is 11.1 Å². The fourth-order valence-corrected chi connectivity index (χ4v) is 2.87. The molecular formula is C16H12FN3OS. The van der Waals surface area contributed by atoms with Gasteiger partial charge in [0.15, 0.2) is 5.01 Å². The van der Waals surface area contributed by atoms with Crippen LogP contribution in [0.3, 0.4) is 0 Å². The van der Waals surface area contributed by atoms with E-state index in [0.717, 1.165) is 17.0 Å². The van der Waals surface area contributed by atoms with Gasteiger partial charge in [-0.25, -0.2) is 9.07 Å². The van der Waals surface area contributed by atoms with Crippen molar-refractivity contribution in [3.63, 3.8) is 0 Å². The maximum Gasteiger partial charge on any atom is 0.223 e. The molecular weight excluding hydrogens is 301 g/mol. The maximum absolute atomic E-state index is 13.1. The third kappa shape index (κ3) is 2.60. The lowest BCUT2D eigenvalue weighted by Gasteiger charge is -2.02. The first-order valence-corrected chi connectivity index (χ1v) is 7.39. The van der Waals surface area contributed by atoms with Crippen molar-refractivity contribution >= 4 is 17.1 Å². The minimum atomic E-state index is -0.381. The number of benzene rings is 2. The zero-order valence-corrected chi connectivity index (χ0v) is 12.5. The van der Waals surface area contributed by atoms with Crippen molar-refractivity contribution in [2.45, 2.75) is 6.92 Å². The molecule has 3 aromatic rings. The summed E-state index contributed by atoms with van der Waals surface area (Å²) < 4.78 is 14.6. The lowest BCUT2D eigenvalue weighted by Crippen LogP contribution is -2.12. The number of ketones is 1. The number of rotatable bonds is 3. The van der Waals surface area contributed by atoms with E-state index in [1.165, 1.54) is 22.9 Å². The Kier molecular flexibility index (Phi) is 3.68. The summed E-state index contributed by atoms with van der Waals surface area (Å²) in [6.45, 7) is 1.68. The summed E-state index contributed by atoms with van der Waals surface area (Å²) in [7, 11) is 0. The van der Waals surface area contributed by atoms with Gasteiger partial charge >= 0.3 is 0 Å². The number of hydrogen-bond acceptors (Lipinski definition) is 4. The van der Waals surface area contributed by atoms with E-state index in [4.69, 9.17) is 5.41 Å². The molecule has 1 N–H and O–H groups in total. The monoisotopic (exact) mass is 313 g/mol. The summed E-state index contributed by atoms with van der Waals surface area (Å²) in [6, 6.07) is 13.2. The number of para-hydroxylation sites is 1. The molecule has 0 spiro atoms. The van der Waals surface area contributed by atoms with Crippen molar-refractivity contribution < 1.29 is 9.18 Å². The molecule has 22 heavy (non-hydrogen) atoms. The van der Waals surface area contributed by atoms with E-state index in [1.807, 2.05) is 30.3 Å². The van der Waals surface area contributed by atoms with Crippen LogP contribution in [0.25, 0.3) is 5.69 Å². The molecule has 110 valence electrons. The third-order valence-corrected chi connectivity index (χ3v) is 4.03. The molecule has 3 rings (SSSR count). The minimum Gasteiger partial charge on any atom is -0.286 e.